The van der Waals surface area contributed by atoms with Crippen molar-refractivity contribution in [2.75, 3.05) is 7.11 Å². The molecule has 0 amide bonds. The maximum Gasteiger partial charge on any atom is 0.310 e. The van der Waals surface area contributed by atoms with E-state index in [0.29, 0.717) is 18.3 Å². The summed E-state index contributed by atoms with van der Waals surface area (Å²) in [7, 11) is 1.38. The summed E-state index contributed by atoms with van der Waals surface area (Å²) >= 11 is 0. The highest BCUT2D eigenvalue weighted by Crippen LogP contribution is 2.76. The Kier molecular flexibility index (Phi) is 8.43. The summed E-state index contributed by atoms with van der Waals surface area (Å²) in [6.07, 6.45) is 6.07. The first-order chi connectivity index (χ1) is 20.2. The summed E-state index contributed by atoms with van der Waals surface area (Å²) in [5.74, 6) is -0.311. The molecule has 0 aliphatic heterocycles. The molecule has 12 atom stereocenters. The number of aliphatic carboxylic acids is 1. The van der Waals surface area contributed by atoms with Crippen molar-refractivity contribution in [3.8, 4) is 0 Å². The SMILES string of the molecule is CO[C@@H](C(=O)[C@@H]1CC[C@@]2(C)C(CC[C@]3(C)C2CC=C2C4CC(C)(C)CC[C@]4(C(=O)O)CC[C@]23C)C1(C)C)C(O)C(O)[C@H](C)O. The first-order valence-electron chi connectivity index (χ1n) is 17.3. The Morgan fingerprint density at radius 3 is 2.09 bits per heavy atom. The van der Waals surface area contributed by atoms with Gasteiger partial charge < -0.3 is 25.2 Å². The number of aliphatic hydroxyl groups excluding tert-OH is 3. The molecule has 4 fully saturated rings. The molecular formula is C37H60O7. The first-order valence-corrected chi connectivity index (χ1v) is 17.3. The average Bonchev–Trinajstić information content (AvgIpc) is 2.92. The number of carbonyl (C=O) groups is 2. The third kappa shape index (κ3) is 4.64. The van der Waals surface area contributed by atoms with Gasteiger partial charge in [0.1, 0.15) is 18.3 Å². The maximum absolute atomic E-state index is 14.0. The normalized spacial score (nSPS) is 45.2. The predicted molar refractivity (Wildman–Crippen MR) is 170 cm³/mol. The van der Waals surface area contributed by atoms with E-state index in [9.17, 15) is 30.0 Å². The summed E-state index contributed by atoms with van der Waals surface area (Å²) in [5, 5.41) is 41.7. The maximum atomic E-state index is 14.0. The van der Waals surface area contributed by atoms with E-state index in [2.05, 4.69) is 54.5 Å². The van der Waals surface area contributed by atoms with Crippen molar-refractivity contribution in [2.24, 2.45) is 56.2 Å². The smallest absolute Gasteiger partial charge is 0.310 e. The lowest BCUT2D eigenvalue weighted by atomic mass is 9.33. The Morgan fingerprint density at radius 2 is 1.50 bits per heavy atom. The van der Waals surface area contributed by atoms with E-state index in [4.69, 9.17) is 4.74 Å². The van der Waals surface area contributed by atoms with Gasteiger partial charge in [0.2, 0.25) is 0 Å². The number of carboxylic acid groups (broad SMARTS) is 1. The second-order valence-electron chi connectivity index (χ2n) is 17.9. The summed E-state index contributed by atoms with van der Waals surface area (Å²) in [4.78, 5) is 26.9. The number of hydrogen-bond donors (Lipinski definition) is 4. The molecule has 7 heteroatoms. The predicted octanol–water partition coefficient (Wildman–Crippen LogP) is 6.18. The number of ketones is 1. The van der Waals surface area contributed by atoms with Crippen LogP contribution in [0.25, 0.3) is 0 Å². The summed E-state index contributed by atoms with van der Waals surface area (Å²) < 4.78 is 5.49. The Bertz CT molecular complexity index is 1190. The summed E-state index contributed by atoms with van der Waals surface area (Å²) in [6.45, 7) is 17.9. The van der Waals surface area contributed by atoms with Gasteiger partial charge in [-0.1, -0.05) is 60.1 Å². The van der Waals surface area contributed by atoms with E-state index >= 15 is 0 Å². The van der Waals surface area contributed by atoms with Crippen LogP contribution in [-0.2, 0) is 14.3 Å². The van der Waals surface area contributed by atoms with Gasteiger partial charge >= 0.3 is 5.97 Å². The molecule has 0 aromatic rings. The number of carbonyl (C=O) groups excluding carboxylic acids is 1. The van der Waals surface area contributed by atoms with Crippen molar-refractivity contribution in [2.45, 2.75) is 144 Å². The molecule has 0 radical (unpaired) electrons. The number of rotatable bonds is 7. The molecule has 5 unspecified atom stereocenters. The molecule has 7 nitrogen and oxygen atoms in total. The molecule has 44 heavy (non-hydrogen) atoms. The van der Waals surface area contributed by atoms with E-state index in [0.717, 1.165) is 57.8 Å². The lowest BCUT2D eigenvalue weighted by Crippen LogP contribution is -2.65. The van der Waals surface area contributed by atoms with Crippen LogP contribution in [0, 0.1) is 56.2 Å². The summed E-state index contributed by atoms with van der Waals surface area (Å²) in [6, 6.07) is 0. The van der Waals surface area contributed by atoms with Crippen molar-refractivity contribution in [1.29, 1.82) is 0 Å². The minimum Gasteiger partial charge on any atom is -0.481 e. The zero-order valence-electron chi connectivity index (χ0n) is 28.8. The largest absolute Gasteiger partial charge is 0.481 e. The number of hydrogen-bond acceptors (Lipinski definition) is 6. The van der Waals surface area contributed by atoms with Crippen LogP contribution in [0.15, 0.2) is 11.6 Å². The van der Waals surface area contributed by atoms with E-state index < -0.39 is 35.8 Å². The van der Waals surface area contributed by atoms with E-state index in [1.807, 2.05) is 0 Å². The van der Waals surface area contributed by atoms with Crippen molar-refractivity contribution in [3.63, 3.8) is 0 Å². The summed E-state index contributed by atoms with van der Waals surface area (Å²) in [5.41, 5.74) is 0.561. The molecule has 5 rings (SSSR count). The third-order valence-electron chi connectivity index (χ3n) is 15.1. The molecule has 5 aliphatic rings. The van der Waals surface area contributed by atoms with Crippen molar-refractivity contribution < 1.29 is 34.8 Å². The number of Topliss-reactive ketones (excluding diaryl/α,β-unsaturated/α-hetero) is 1. The van der Waals surface area contributed by atoms with Crippen LogP contribution in [-0.4, -0.2) is 63.7 Å². The zero-order valence-corrected chi connectivity index (χ0v) is 28.8. The van der Waals surface area contributed by atoms with Crippen molar-refractivity contribution in [3.05, 3.63) is 11.6 Å². The highest BCUT2D eigenvalue weighted by molar-refractivity contribution is 5.87. The fourth-order valence-electron chi connectivity index (χ4n) is 12.2. The van der Waals surface area contributed by atoms with Gasteiger partial charge in [-0.15, -0.1) is 0 Å². The van der Waals surface area contributed by atoms with E-state index in [-0.39, 0.29) is 44.7 Å². The fourth-order valence-corrected chi connectivity index (χ4v) is 12.2. The van der Waals surface area contributed by atoms with Crippen LogP contribution >= 0.6 is 0 Å². The topological polar surface area (TPSA) is 124 Å². The monoisotopic (exact) mass is 616 g/mol. The minimum absolute atomic E-state index is 0.00575. The van der Waals surface area contributed by atoms with Gasteiger partial charge in [0, 0.05) is 13.0 Å². The molecule has 0 bridgehead atoms. The molecule has 0 spiro atoms. The number of fused-ring (bicyclic) bond motifs is 7. The van der Waals surface area contributed by atoms with Crippen LogP contribution in [0.2, 0.25) is 0 Å². The molecule has 0 saturated heterocycles. The van der Waals surface area contributed by atoms with Gasteiger partial charge in [0.05, 0.1) is 11.5 Å². The van der Waals surface area contributed by atoms with Gasteiger partial charge in [0.15, 0.2) is 5.78 Å². The first kappa shape index (κ1) is 34.1. The van der Waals surface area contributed by atoms with E-state index in [1.54, 1.807) is 0 Å². The number of carboxylic acids is 1. The Balaban J connectivity index is 1.48. The van der Waals surface area contributed by atoms with Gasteiger partial charge in [-0.25, -0.2) is 0 Å². The Hall–Kier alpha value is -1.28. The minimum atomic E-state index is -1.50. The highest BCUT2D eigenvalue weighted by Gasteiger charge is 2.69. The highest BCUT2D eigenvalue weighted by atomic mass is 16.5. The number of ether oxygens (including phenoxy) is 1. The van der Waals surface area contributed by atoms with Crippen LogP contribution in [0.4, 0.5) is 0 Å². The number of aliphatic hydroxyl groups is 3. The van der Waals surface area contributed by atoms with Gasteiger partial charge in [0.25, 0.3) is 0 Å². The van der Waals surface area contributed by atoms with E-state index in [1.165, 1.54) is 19.6 Å². The molecule has 0 aromatic heterocycles. The standard InChI is InChI=1S/C37H60O7/c1-21(38)27(39)29(41)30(44-9)28(40)23-12-14-34(6)25(33(23,4)5)13-15-36(8)26(34)11-10-22-24-20-32(2,3)16-18-37(24,31(42)43)19-17-35(22,36)7/h10,21,23-27,29-30,38-39,41H,11-20H2,1-9H3,(H,42,43)/t21-,23-,24?,25?,26?,27?,29?,30-,34-,35+,36+,37-/m0/s1. The van der Waals surface area contributed by atoms with Crippen molar-refractivity contribution >= 4 is 11.8 Å². The average molecular weight is 617 g/mol. The lowest BCUT2D eigenvalue weighted by molar-refractivity contribution is -0.201. The molecule has 0 heterocycles. The quantitative estimate of drug-likeness (QED) is 0.252. The van der Waals surface area contributed by atoms with Gasteiger partial charge in [-0.2, -0.15) is 0 Å². The van der Waals surface area contributed by atoms with Crippen molar-refractivity contribution in [1.82, 2.24) is 0 Å². The van der Waals surface area contributed by atoms with Gasteiger partial charge in [-0.3, -0.25) is 9.59 Å². The molecular weight excluding hydrogens is 556 g/mol. The number of allylic oxidation sites excluding steroid dienone is 2. The zero-order chi connectivity index (χ0) is 32.8. The van der Waals surface area contributed by atoms with Gasteiger partial charge in [-0.05, 0) is 116 Å². The lowest BCUT2D eigenvalue weighted by Gasteiger charge is -2.71. The Labute approximate surface area is 265 Å². The molecule has 5 aliphatic carbocycles. The fraction of sp³-hybridized carbons (Fsp3) is 0.892. The van der Waals surface area contributed by atoms with Crippen LogP contribution in [0.5, 0.6) is 0 Å². The molecule has 4 N–H and O–H groups in total. The third-order valence-corrected chi connectivity index (χ3v) is 15.1. The molecule has 4 saturated carbocycles. The number of methoxy groups -OCH3 is 1. The second kappa shape index (κ2) is 10.9. The molecule has 0 aromatic carbocycles. The van der Waals surface area contributed by atoms with Crippen LogP contribution in [0.3, 0.4) is 0 Å². The molecule has 250 valence electrons. The second-order valence-corrected chi connectivity index (χ2v) is 17.9. The van der Waals surface area contributed by atoms with Crippen LogP contribution in [0.1, 0.15) is 120 Å². The Morgan fingerprint density at radius 1 is 0.864 bits per heavy atom. The van der Waals surface area contributed by atoms with Crippen LogP contribution < -0.4 is 0 Å².